The van der Waals surface area contributed by atoms with E-state index in [1.54, 1.807) is 0 Å². The van der Waals surface area contributed by atoms with E-state index in [1.807, 2.05) is 13.1 Å². The van der Waals surface area contributed by atoms with E-state index in [9.17, 15) is 0 Å². The van der Waals surface area contributed by atoms with Crippen molar-refractivity contribution in [2.75, 3.05) is 36.1 Å². The fraction of sp³-hybridized carbons (Fsp3) is 0.500. The first-order chi connectivity index (χ1) is 10.1. The predicted molar refractivity (Wildman–Crippen MR) is 92.5 cm³/mol. The summed E-state index contributed by atoms with van der Waals surface area (Å²) < 4.78 is 0.351. The summed E-state index contributed by atoms with van der Waals surface area (Å²) in [4.78, 5) is 11.7. The van der Waals surface area contributed by atoms with Crippen LogP contribution in [0, 0.1) is 0 Å². The van der Waals surface area contributed by atoms with Crippen molar-refractivity contribution in [3.8, 4) is 0 Å². The highest BCUT2D eigenvalue weighted by Gasteiger charge is 2.25. The van der Waals surface area contributed by atoms with E-state index >= 15 is 0 Å². The van der Waals surface area contributed by atoms with Gasteiger partial charge in [0.25, 0.3) is 0 Å². The molecule has 0 atom stereocenters. The summed E-state index contributed by atoms with van der Waals surface area (Å²) in [5, 5.41) is 4.22. The van der Waals surface area contributed by atoms with Gasteiger partial charge in [0.1, 0.15) is 5.82 Å². The summed E-state index contributed by atoms with van der Waals surface area (Å²) in [7, 11) is 1.87. The standard InChI is InChI=1S/C16H22N4S/c1-16(2)8-9-20(10-11-21-16)14-12-6-4-5-7-13(12)18-15(17-3)19-14/h4-7H,8-11H2,1-3H3,(H,17,18,19). The van der Waals surface area contributed by atoms with E-state index in [0.29, 0.717) is 10.7 Å². The average Bonchev–Trinajstić information content (AvgIpc) is 2.67. The molecule has 5 heteroatoms. The number of benzene rings is 1. The van der Waals surface area contributed by atoms with Gasteiger partial charge in [0, 0.05) is 36.0 Å². The van der Waals surface area contributed by atoms with Crippen molar-refractivity contribution in [2.24, 2.45) is 0 Å². The third kappa shape index (κ3) is 3.07. The molecule has 0 amide bonds. The second-order valence-corrected chi connectivity index (χ2v) is 7.79. The van der Waals surface area contributed by atoms with E-state index in [0.717, 1.165) is 35.6 Å². The number of nitrogens with zero attached hydrogens (tertiary/aromatic N) is 3. The number of fused-ring (bicyclic) bond motifs is 1. The van der Waals surface area contributed by atoms with E-state index in [2.05, 4.69) is 59.0 Å². The Labute approximate surface area is 130 Å². The topological polar surface area (TPSA) is 41.1 Å². The van der Waals surface area contributed by atoms with Gasteiger partial charge in [-0.1, -0.05) is 26.0 Å². The van der Waals surface area contributed by atoms with Gasteiger partial charge in [-0.15, -0.1) is 0 Å². The molecule has 2 aromatic rings. The van der Waals surface area contributed by atoms with Crippen LogP contribution >= 0.6 is 11.8 Å². The van der Waals surface area contributed by atoms with Crippen LogP contribution in [0.3, 0.4) is 0 Å². The molecule has 1 fully saturated rings. The third-order valence-electron chi connectivity index (χ3n) is 3.94. The number of hydrogen-bond acceptors (Lipinski definition) is 5. The highest BCUT2D eigenvalue weighted by Crippen LogP contribution is 2.33. The Morgan fingerprint density at radius 2 is 2.00 bits per heavy atom. The summed E-state index contributed by atoms with van der Waals surface area (Å²) >= 11 is 2.05. The quantitative estimate of drug-likeness (QED) is 0.921. The molecule has 1 aromatic heterocycles. The van der Waals surface area contributed by atoms with Gasteiger partial charge in [0.15, 0.2) is 0 Å². The molecule has 0 aliphatic carbocycles. The zero-order chi connectivity index (χ0) is 14.9. The maximum absolute atomic E-state index is 4.73. The Hall–Kier alpha value is -1.49. The molecule has 0 unspecified atom stereocenters. The van der Waals surface area contributed by atoms with Crippen molar-refractivity contribution in [3.63, 3.8) is 0 Å². The van der Waals surface area contributed by atoms with E-state index in [4.69, 9.17) is 4.98 Å². The van der Waals surface area contributed by atoms with E-state index in [1.165, 1.54) is 6.42 Å². The molecule has 1 aliphatic heterocycles. The Morgan fingerprint density at radius 1 is 1.19 bits per heavy atom. The van der Waals surface area contributed by atoms with Crippen LogP contribution in [0.2, 0.25) is 0 Å². The Bertz CT molecular complexity index is 641. The van der Waals surface area contributed by atoms with Gasteiger partial charge in [-0.2, -0.15) is 16.7 Å². The van der Waals surface area contributed by atoms with Gasteiger partial charge in [-0.05, 0) is 18.6 Å². The maximum Gasteiger partial charge on any atom is 0.224 e. The van der Waals surface area contributed by atoms with Crippen molar-refractivity contribution >= 4 is 34.4 Å². The van der Waals surface area contributed by atoms with Crippen LogP contribution in [-0.4, -0.2) is 40.6 Å². The average molecular weight is 302 g/mol. The van der Waals surface area contributed by atoms with Crippen molar-refractivity contribution in [1.82, 2.24) is 9.97 Å². The highest BCUT2D eigenvalue weighted by molar-refractivity contribution is 8.00. The molecule has 0 saturated carbocycles. The number of aromatic nitrogens is 2. The molecular weight excluding hydrogens is 280 g/mol. The van der Waals surface area contributed by atoms with Gasteiger partial charge in [0.05, 0.1) is 5.52 Å². The molecule has 1 aromatic carbocycles. The van der Waals surface area contributed by atoms with Crippen LogP contribution in [0.1, 0.15) is 20.3 Å². The molecule has 112 valence electrons. The Morgan fingerprint density at radius 3 is 2.81 bits per heavy atom. The number of anilines is 2. The summed E-state index contributed by atoms with van der Waals surface area (Å²) in [6.07, 6.45) is 1.17. The minimum absolute atomic E-state index is 0.351. The van der Waals surface area contributed by atoms with Crippen LogP contribution in [0.4, 0.5) is 11.8 Å². The van der Waals surface area contributed by atoms with Crippen LogP contribution in [-0.2, 0) is 0 Å². The van der Waals surface area contributed by atoms with E-state index < -0.39 is 0 Å². The van der Waals surface area contributed by atoms with Crippen LogP contribution in [0.15, 0.2) is 24.3 Å². The second-order valence-electron chi connectivity index (χ2n) is 5.98. The maximum atomic E-state index is 4.73. The molecule has 2 heterocycles. The van der Waals surface area contributed by atoms with Crippen molar-refractivity contribution in [2.45, 2.75) is 25.0 Å². The molecular formula is C16H22N4S. The largest absolute Gasteiger partial charge is 0.357 e. The normalized spacial score (nSPS) is 18.5. The van der Waals surface area contributed by atoms with Gasteiger partial charge in [-0.3, -0.25) is 0 Å². The zero-order valence-electron chi connectivity index (χ0n) is 12.9. The minimum Gasteiger partial charge on any atom is -0.357 e. The van der Waals surface area contributed by atoms with Gasteiger partial charge >= 0.3 is 0 Å². The van der Waals surface area contributed by atoms with Crippen molar-refractivity contribution in [3.05, 3.63) is 24.3 Å². The molecule has 0 radical (unpaired) electrons. The molecule has 0 bridgehead atoms. The number of rotatable bonds is 2. The second kappa shape index (κ2) is 5.72. The molecule has 1 saturated heterocycles. The fourth-order valence-electron chi connectivity index (χ4n) is 2.64. The lowest BCUT2D eigenvalue weighted by atomic mass is 10.1. The Kier molecular flexibility index (Phi) is 3.93. The summed E-state index contributed by atoms with van der Waals surface area (Å²) in [5.41, 5.74) is 1.00. The molecule has 0 spiro atoms. The predicted octanol–water partition coefficient (Wildman–Crippen LogP) is 3.39. The van der Waals surface area contributed by atoms with Crippen LogP contribution < -0.4 is 10.2 Å². The van der Waals surface area contributed by atoms with Crippen molar-refractivity contribution < 1.29 is 0 Å². The lowest BCUT2D eigenvalue weighted by molar-refractivity contribution is 0.636. The fourth-order valence-corrected chi connectivity index (χ4v) is 3.74. The lowest BCUT2D eigenvalue weighted by Gasteiger charge is -2.24. The SMILES string of the molecule is CNc1nc(N2CCSC(C)(C)CC2)c2ccccc2n1. The summed E-state index contributed by atoms with van der Waals surface area (Å²) in [6.45, 7) is 6.75. The monoisotopic (exact) mass is 302 g/mol. The number of hydrogen-bond donors (Lipinski definition) is 1. The first-order valence-corrected chi connectivity index (χ1v) is 8.41. The molecule has 1 aliphatic rings. The van der Waals surface area contributed by atoms with Crippen LogP contribution in [0.25, 0.3) is 10.9 Å². The first kappa shape index (κ1) is 14.4. The first-order valence-electron chi connectivity index (χ1n) is 7.42. The Balaban J connectivity index is 2.02. The number of nitrogens with one attached hydrogen (secondary N) is 1. The zero-order valence-corrected chi connectivity index (χ0v) is 13.7. The summed E-state index contributed by atoms with van der Waals surface area (Å²) in [5.74, 6) is 2.89. The molecule has 3 rings (SSSR count). The molecule has 1 N–H and O–H groups in total. The number of thioether (sulfide) groups is 1. The summed E-state index contributed by atoms with van der Waals surface area (Å²) in [6, 6.07) is 8.26. The van der Waals surface area contributed by atoms with Gasteiger partial charge in [0.2, 0.25) is 5.95 Å². The van der Waals surface area contributed by atoms with Crippen molar-refractivity contribution in [1.29, 1.82) is 0 Å². The number of para-hydroxylation sites is 1. The lowest BCUT2D eigenvalue weighted by Crippen LogP contribution is -2.28. The van der Waals surface area contributed by atoms with E-state index in [-0.39, 0.29) is 0 Å². The van der Waals surface area contributed by atoms with Crippen LogP contribution in [0.5, 0.6) is 0 Å². The highest BCUT2D eigenvalue weighted by atomic mass is 32.2. The van der Waals surface area contributed by atoms with Gasteiger partial charge in [-0.25, -0.2) is 4.98 Å². The molecule has 21 heavy (non-hydrogen) atoms. The minimum atomic E-state index is 0.351. The van der Waals surface area contributed by atoms with Gasteiger partial charge < -0.3 is 10.2 Å². The third-order valence-corrected chi connectivity index (χ3v) is 5.32. The smallest absolute Gasteiger partial charge is 0.224 e. The molecule has 4 nitrogen and oxygen atoms in total.